The van der Waals surface area contributed by atoms with Gasteiger partial charge in [0.25, 0.3) is 0 Å². The zero-order valence-corrected chi connectivity index (χ0v) is 14.2. The maximum atomic E-state index is 5.68. The Labute approximate surface area is 145 Å². The molecule has 3 aliphatic heterocycles. The van der Waals surface area contributed by atoms with Gasteiger partial charge in [-0.15, -0.1) is 0 Å². The molecule has 0 bridgehead atoms. The van der Waals surface area contributed by atoms with Gasteiger partial charge in [-0.25, -0.2) is 0 Å². The van der Waals surface area contributed by atoms with Gasteiger partial charge >= 0.3 is 0 Å². The number of ether oxygens (including phenoxy) is 4. The topological polar surface area (TPSA) is 40.2 Å². The molecule has 0 saturated carbocycles. The highest BCUT2D eigenvalue weighted by molar-refractivity contribution is 5.59. The SMILES string of the molecule is COc1cc2c(cc1OC)C1C=c3ccc4c(c3=CN1CC2)OCO4. The summed E-state index contributed by atoms with van der Waals surface area (Å²) in [7, 11) is 3.36. The molecule has 2 aromatic carbocycles. The molecule has 5 rings (SSSR count). The highest BCUT2D eigenvalue weighted by Gasteiger charge is 2.29. The summed E-state index contributed by atoms with van der Waals surface area (Å²) in [5.41, 5.74) is 2.58. The van der Waals surface area contributed by atoms with Crippen LogP contribution in [-0.4, -0.2) is 32.5 Å². The van der Waals surface area contributed by atoms with E-state index in [1.807, 2.05) is 6.07 Å². The van der Waals surface area contributed by atoms with E-state index in [0.29, 0.717) is 6.79 Å². The Morgan fingerprint density at radius 2 is 1.92 bits per heavy atom. The van der Waals surface area contributed by atoms with Gasteiger partial charge in [0.05, 0.1) is 20.3 Å². The number of hydrogen-bond acceptors (Lipinski definition) is 5. The molecular weight excluding hydrogens is 318 g/mol. The van der Waals surface area contributed by atoms with Crippen molar-refractivity contribution in [1.82, 2.24) is 4.90 Å². The predicted molar refractivity (Wildman–Crippen MR) is 93.4 cm³/mol. The van der Waals surface area contributed by atoms with E-state index in [1.54, 1.807) is 14.2 Å². The van der Waals surface area contributed by atoms with Crippen molar-refractivity contribution in [3.8, 4) is 23.0 Å². The maximum Gasteiger partial charge on any atom is 0.231 e. The molecule has 0 amide bonds. The summed E-state index contributed by atoms with van der Waals surface area (Å²) in [4.78, 5) is 2.36. The van der Waals surface area contributed by atoms with Gasteiger partial charge in [0.2, 0.25) is 6.79 Å². The van der Waals surface area contributed by atoms with Crippen LogP contribution in [0.3, 0.4) is 0 Å². The summed E-state index contributed by atoms with van der Waals surface area (Å²) in [6.45, 7) is 1.25. The van der Waals surface area contributed by atoms with Crippen LogP contribution in [0.1, 0.15) is 17.2 Å². The average Bonchev–Trinajstić information content (AvgIpc) is 3.14. The third kappa shape index (κ3) is 2.08. The number of benzene rings is 2. The summed E-state index contributed by atoms with van der Waals surface area (Å²) in [5.74, 6) is 3.24. The van der Waals surface area contributed by atoms with Crippen LogP contribution in [0.5, 0.6) is 23.0 Å². The Morgan fingerprint density at radius 3 is 2.76 bits per heavy atom. The summed E-state index contributed by atoms with van der Waals surface area (Å²) in [5, 5.41) is 2.28. The Bertz CT molecular complexity index is 982. The maximum absolute atomic E-state index is 5.68. The van der Waals surface area contributed by atoms with Crippen molar-refractivity contribution in [2.75, 3.05) is 27.6 Å². The van der Waals surface area contributed by atoms with Crippen LogP contribution in [0.25, 0.3) is 12.3 Å². The van der Waals surface area contributed by atoms with Crippen molar-refractivity contribution in [2.24, 2.45) is 0 Å². The smallest absolute Gasteiger partial charge is 0.231 e. The van der Waals surface area contributed by atoms with Crippen LogP contribution in [0.15, 0.2) is 24.3 Å². The van der Waals surface area contributed by atoms with Crippen LogP contribution in [0, 0.1) is 0 Å². The molecule has 3 aliphatic rings. The van der Waals surface area contributed by atoms with Crippen LogP contribution < -0.4 is 29.4 Å². The Balaban J connectivity index is 1.68. The lowest BCUT2D eigenvalue weighted by atomic mass is 9.90. The van der Waals surface area contributed by atoms with Gasteiger partial charge in [-0.2, -0.15) is 0 Å². The van der Waals surface area contributed by atoms with Crippen LogP contribution in [0.2, 0.25) is 0 Å². The van der Waals surface area contributed by atoms with Crippen molar-refractivity contribution in [3.05, 3.63) is 45.8 Å². The zero-order valence-electron chi connectivity index (χ0n) is 14.2. The second kappa shape index (κ2) is 5.34. The van der Waals surface area contributed by atoms with Gasteiger partial charge in [-0.3, -0.25) is 0 Å². The van der Waals surface area contributed by atoms with Crippen molar-refractivity contribution in [2.45, 2.75) is 12.5 Å². The Morgan fingerprint density at radius 1 is 1.08 bits per heavy atom. The minimum absolute atomic E-state index is 0.191. The number of methoxy groups -OCH3 is 2. The summed E-state index contributed by atoms with van der Waals surface area (Å²) in [6.07, 6.45) is 5.46. The second-order valence-corrected chi connectivity index (χ2v) is 6.44. The molecule has 0 aliphatic carbocycles. The van der Waals surface area contributed by atoms with E-state index in [1.165, 1.54) is 16.3 Å². The largest absolute Gasteiger partial charge is 0.493 e. The minimum Gasteiger partial charge on any atom is -0.493 e. The molecule has 3 heterocycles. The van der Waals surface area contributed by atoms with Crippen molar-refractivity contribution < 1.29 is 18.9 Å². The van der Waals surface area contributed by atoms with Crippen LogP contribution in [-0.2, 0) is 6.42 Å². The lowest BCUT2D eigenvalue weighted by molar-refractivity contribution is 0.173. The van der Waals surface area contributed by atoms with Gasteiger partial charge in [0.1, 0.15) is 0 Å². The molecule has 1 atom stereocenters. The van der Waals surface area contributed by atoms with Gasteiger partial charge in [0, 0.05) is 18.0 Å². The minimum atomic E-state index is 0.191. The number of rotatable bonds is 2. The normalized spacial score (nSPS) is 19.1. The van der Waals surface area contributed by atoms with E-state index < -0.39 is 0 Å². The molecule has 2 aromatic rings. The molecule has 0 radical (unpaired) electrons. The molecule has 0 saturated heterocycles. The quantitative estimate of drug-likeness (QED) is 0.832. The fourth-order valence-electron chi connectivity index (χ4n) is 3.95. The number of fused-ring (bicyclic) bond motifs is 6. The first kappa shape index (κ1) is 14.5. The summed E-state index contributed by atoms with van der Waals surface area (Å²) in [6, 6.07) is 8.49. The average molecular weight is 337 g/mol. The number of nitrogens with zero attached hydrogens (tertiary/aromatic N) is 1. The van der Waals surface area contributed by atoms with Gasteiger partial charge < -0.3 is 23.8 Å². The fraction of sp³-hybridized carbons (Fsp3) is 0.300. The van der Waals surface area contributed by atoms with Crippen molar-refractivity contribution in [1.29, 1.82) is 0 Å². The first-order valence-corrected chi connectivity index (χ1v) is 8.41. The molecular formula is C20H19NO4. The fourth-order valence-corrected chi connectivity index (χ4v) is 3.95. The molecule has 25 heavy (non-hydrogen) atoms. The zero-order chi connectivity index (χ0) is 17.0. The lowest BCUT2D eigenvalue weighted by Gasteiger charge is -2.37. The highest BCUT2D eigenvalue weighted by atomic mass is 16.7. The number of hydrogen-bond donors (Lipinski definition) is 0. The third-order valence-corrected chi connectivity index (χ3v) is 5.20. The molecule has 5 heteroatoms. The van der Waals surface area contributed by atoms with E-state index >= 15 is 0 Å². The molecule has 5 nitrogen and oxygen atoms in total. The summed E-state index contributed by atoms with van der Waals surface area (Å²) < 4.78 is 22.1. The Hall–Kier alpha value is -2.82. The molecule has 1 unspecified atom stereocenters. The molecule has 0 N–H and O–H groups in total. The van der Waals surface area contributed by atoms with E-state index in [4.69, 9.17) is 18.9 Å². The standard InChI is InChI=1S/C20H19NO4/c1-22-18-8-13-5-6-21-10-15-12(3-4-17-20(15)25-11-24-17)7-16(21)14(13)9-19(18)23-2/h3-4,7-10,16H,5-6,11H2,1-2H3. The molecule has 128 valence electrons. The molecule has 0 aromatic heterocycles. The molecule has 0 spiro atoms. The van der Waals surface area contributed by atoms with E-state index in [9.17, 15) is 0 Å². The third-order valence-electron chi connectivity index (χ3n) is 5.20. The van der Waals surface area contributed by atoms with Gasteiger partial charge in [0.15, 0.2) is 23.0 Å². The predicted octanol–water partition coefficient (Wildman–Crippen LogP) is 1.56. The van der Waals surface area contributed by atoms with E-state index in [2.05, 4.69) is 35.4 Å². The van der Waals surface area contributed by atoms with Crippen LogP contribution >= 0.6 is 0 Å². The highest BCUT2D eigenvalue weighted by Crippen LogP contribution is 2.39. The molecule has 0 fully saturated rings. The lowest BCUT2D eigenvalue weighted by Crippen LogP contribution is -2.40. The van der Waals surface area contributed by atoms with Crippen LogP contribution in [0.4, 0.5) is 0 Å². The van der Waals surface area contributed by atoms with E-state index in [0.717, 1.165) is 41.2 Å². The van der Waals surface area contributed by atoms with Crippen molar-refractivity contribution >= 4 is 12.3 Å². The first-order chi connectivity index (χ1) is 12.3. The van der Waals surface area contributed by atoms with Gasteiger partial charge in [-0.05, 0) is 47.0 Å². The van der Waals surface area contributed by atoms with Gasteiger partial charge in [-0.1, -0.05) is 6.07 Å². The van der Waals surface area contributed by atoms with Crippen molar-refractivity contribution in [3.63, 3.8) is 0 Å². The summed E-state index contributed by atoms with van der Waals surface area (Å²) >= 11 is 0. The second-order valence-electron chi connectivity index (χ2n) is 6.44. The first-order valence-electron chi connectivity index (χ1n) is 8.41. The van der Waals surface area contributed by atoms with E-state index in [-0.39, 0.29) is 6.04 Å². The monoisotopic (exact) mass is 337 g/mol. The Kier molecular flexibility index (Phi) is 3.10.